The molecule has 6 nitrogen and oxygen atoms in total. The normalized spacial score (nSPS) is 13.2. The van der Waals surface area contributed by atoms with Gasteiger partial charge >= 0.3 is 6.18 Å². The molecule has 2 N–H and O–H groups in total. The summed E-state index contributed by atoms with van der Waals surface area (Å²) in [6.07, 6.45) is -5.36. The Morgan fingerprint density at radius 3 is 2.39 bits per heavy atom. The van der Waals surface area contributed by atoms with Crippen LogP contribution in [0.2, 0.25) is 0 Å². The van der Waals surface area contributed by atoms with Crippen LogP contribution in [-0.4, -0.2) is 37.3 Å². The van der Waals surface area contributed by atoms with E-state index in [4.69, 9.17) is 0 Å². The molecule has 2 aromatic heterocycles. The molecule has 0 bridgehead atoms. The lowest BCUT2D eigenvalue weighted by molar-refractivity contribution is -0.144. The highest BCUT2D eigenvalue weighted by molar-refractivity contribution is 5.90. The number of nitrogens with one attached hydrogen (secondary N) is 1. The predicted octanol–water partition coefficient (Wildman–Crippen LogP) is 3.78. The molecule has 0 amide bonds. The standard InChI is InChI=1S/C19H16F3N5O/c1-11(28)10-23-18-25-14-8-4-5-9-15(14)27(18)16-12-6-2-3-7-13(12)24-17(26-16)19(20,21)22/h2-9,11,28H,10H2,1H3,(H,23,25). The van der Waals surface area contributed by atoms with Crippen molar-refractivity contribution in [2.24, 2.45) is 0 Å². The van der Waals surface area contributed by atoms with Gasteiger partial charge in [0.1, 0.15) is 0 Å². The van der Waals surface area contributed by atoms with E-state index in [1.165, 1.54) is 10.6 Å². The number of fused-ring (bicyclic) bond motifs is 2. The minimum atomic E-state index is -4.69. The number of aliphatic hydroxyl groups excluding tert-OH is 1. The maximum absolute atomic E-state index is 13.4. The van der Waals surface area contributed by atoms with E-state index in [-0.39, 0.29) is 17.9 Å². The molecule has 0 aliphatic carbocycles. The van der Waals surface area contributed by atoms with Gasteiger partial charge in [-0.3, -0.25) is 4.57 Å². The molecule has 144 valence electrons. The maximum atomic E-state index is 13.4. The number of alkyl halides is 3. The van der Waals surface area contributed by atoms with Gasteiger partial charge in [0.05, 0.1) is 22.7 Å². The average Bonchev–Trinajstić information content (AvgIpc) is 3.03. The van der Waals surface area contributed by atoms with Gasteiger partial charge in [-0.25, -0.2) is 15.0 Å². The number of halogens is 3. The Balaban J connectivity index is 2.04. The van der Waals surface area contributed by atoms with Crippen LogP contribution in [0.25, 0.3) is 27.8 Å². The molecule has 4 rings (SSSR count). The van der Waals surface area contributed by atoms with E-state index in [9.17, 15) is 18.3 Å². The number of hydrogen-bond donors (Lipinski definition) is 2. The molecule has 0 radical (unpaired) electrons. The van der Waals surface area contributed by atoms with Crippen molar-refractivity contribution in [1.29, 1.82) is 0 Å². The van der Waals surface area contributed by atoms with Gasteiger partial charge in [-0.05, 0) is 31.2 Å². The average molecular weight is 387 g/mol. The highest BCUT2D eigenvalue weighted by Gasteiger charge is 2.36. The van der Waals surface area contributed by atoms with E-state index in [0.29, 0.717) is 22.4 Å². The summed E-state index contributed by atoms with van der Waals surface area (Å²) in [6, 6.07) is 13.6. The van der Waals surface area contributed by atoms with Crippen molar-refractivity contribution in [2.45, 2.75) is 19.2 Å². The smallest absolute Gasteiger partial charge is 0.392 e. The zero-order valence-electron chi connectivity index (χ0n) is 14.8. The van der Waals surface area contributed by atoms with Crippen LogP contribution in [0, 0.1) is 0 Å². The van der Waals surface area contributed by atoms with Crippen LogP contribution in [0.3, 0.4) is 0 Å². The van der Waals surface area contributed by atoms with Crippen molar-refractivity contribution in [2.75, 3.05) is 11.9 Å². The molecule has 0 spiro atoms. The van der Waals surface area contributed by atoms with Gasteiger partial charge in [-0.1, -0.05) is 24.3 Å². The summed E-state index contributed by atoms with van der Waals surface area (Å²) in [7, 11) is 0. The number of hydrogen-bond acceptors (Lipinski definition) is 5. The molecule has 2 aromatic carbocycles. The first kappa shape index (κ1) is 18.2. The van der Waals surface area contributed by atoms with Gasteiger partial charge in [0.25, 0.3) is 0 Å². The summed E-state index contributed by atoms with van der Waals surface area (Å²) in [5, 5.41) is 13.0. The second-order valence-corrected chi connectivity index (χ2v) is 6.38. The van der Waals surface area contributed by atoms with Crippen LogP contribution >= 0.6 is 0 Å². The first-order chi connectivity index (χ1) is 13.3. The van der Waals surface area contributed by atoms with Crippen LogP contribution < -0.4 is 5.32 Å². The highest BCUT2D eigenvalue weighted by Crippen LogP contribution is 2.32. The van der Waals surface area contributed by atoms with E-state index in [0.717, 1.165) is 0 Å². The highest BCUT2D eigenvalue weighted by atomic mass is 19.4. The Morgan fingerprint density at radius 2 is 1.68 bits per heavy atom. The molecule has 28 heavy (non-hydrogen) atoms. The lowest BCUT2D eigenvalue weighted by atomic mass is 10.2. The van der Waals surface area contributed by atoms with Crippen molar-refractivity contribution in [3.8, 4) is 5.82 Å². The number of para-hydroxylation sites is 3. The lowest BCUT2D eigenvalue weighted by Gasteiger charge is -2.15. The van der Waals surface area contributed by atoms with Gasteiger partial charge in [0.2, 0.25) is 11.8 Å². The maximum Gasteiger partial charge on any atom is 0.451 e. The van der Waals surface area contributed by atoms with E-state index in [1.54, 1.807) is 49.4 Å². The Kier molecular flexibility index (Phi) is 4.38. The predicted molar refractivity (Wildman–Crippen MR) is 99.3 cm³/mol. The Hall–Kier alpha value is -3.20. The minimum Gasteiger partial charge on any atom is -0.392 e. The molecule has 9 heteroatoms. The van der Waals surface area contributed by atoms with Crippen molar-refractivity contribution < 1.29 is 18.3 Å². The van der Waals surface area contributed by atoms with E-state index < -0.39 is 18.1 Å². The molecule has 0 saturated carbocycles. The van der Waals surface area contributed by atoms with E-state index in [2.05, 4.69) is 20.3 Å². The van der Waals surface area contributed by atoms with Gasteiger partial charge < -0.3 is 10.4 Å². The SMILES string of the molecule is CC(O)CNc1nc2ccccc2n1-c1nc(C(F)(F)F)nc2ccccc12. The molecule has 0 aliphatic rings. The molecular weight excluding hydrogens is 371 g/mol. The van der Waals surface area contributed by atoms with Crippen LogP contribution in [0.5, 0.6) is 0 Å². The van der Waals surface area contributed by atoms with Crippen LogP contribution in [0.1, 0.15) is 12.7 Å². The molecule has 0 aliphatic heterocycles. The van der Waals surface area contributed by atoms with E-state index >= 15 is 0 Å². The topological polar surface area (TPSA) is 75.9 Å². The lowest BCUT2D eigenvalue weighted by Crippen LogP contribution is -2.19. The quantitative estimate of drug-likeness (QED) is 0.557. The van der Waals surface area contributed by atoms with Crippen molar-refractivity contribution in [3.63, 3.8) is 0 Å². The Morgan fingerprint density at radius 1 is 1.00 bits per heavy atom. The van der Waals surface area contributed by atoms with Crippen molar-refractivity contribution >= 4 is 27.9 Å². The summed E-state index contributed by atoms with van der Waals surface area (Å²) >= 11 is 0. The third kappa shape index (κ3) is 3.24. The fraction of sp³-hybridized carbons (Fsp3) is 0.211. The zero-order chi connectivity index (χ0) is 19.9. The van der Waals surface area contributed by atoms with E-state index in [1.807, 2.05) is 0 Å². The number of rotatable bonds is 4. The number of benzene rings is 2. The van der Waals surface area contributed by atoms with Gasteiger partial charge in [0.15, 0.2) is 5.82 Å². The summed E-state index contributed by atoms with van der Waals surface area (Å²) in [5.41, 5.74) is 1.36. The molecule has 1 atom stereocenters. The summed E-state index contributed by atoms with van der Waals surface area (Å²) < 4.78 is 41.7. The number of nitrogens with zero attached hydrogens (tertiary/aromatic N) is 4. The monoisotopic (exact) mass is 387 g/mol. The van der Waals surface area contributed by atoms with Gasteiger partial charge in [0, 0.05) is 11.9 Å². The minimum absolute atomic E-state index is 0.0692. The van der Waals surface area contributed by atoms with Crippen molar-refractivity contribution in [1.82, 2.24) is 19.5 Å². The van der Waals surface area contributed by atoms with Gasteiger partial charge in [-0.2, -0.15) is 13.2 Å². The Bertz CT molecular complexity index is 1150. The number of imidazole rings is 1. The largest absolute Gasteiger partial charge is 0.451 e. The number of aromatic nitrogens is 4. The molecule has 0 fully saturated rings. The molecule has 2 heterocycles. The number of anilines is 1. The fourth-order valence-electron chi connectivity index (χ4n) is 2.96. The van der Waals surface area contributed by atoms with Crippen LogP contribution in [0.4, 0.5) is 19.1 Å². The first-order valence-electron chi connectivity index (χ1n) is 8.58. The second kappa shape index (κ2) is 6.75. The molecular formula is C19H16F3N5O. The van der Waals surface area contributed by atoms with Crippen LogP contribution in [0.15, 0.2) is 48.5 Å². The van der Waals surface area contributed by atoms with Gasteiger partial charge in [-0.15, -0.1) is 0 Å². The molecule has 0 saturated heterocycles. The third-order valence-corrected chi connectivity index (χ3v) is 4.16. The zero-order valence-corrected chi connectivity index (χ0v) is 14.8. The summed E-state index contributed by atoms with van der Waals surface area (Å²) in [5.74, 6) is -0.862. The third-order valence-electron chi connectivity index (χ3n) is 4.16. The number of aliphatic hydroxyl groups is 1. The fourth-order valence-corrected chi connectivity index (χ4v) is 2.96. The Labute approximate surface area is 157 Å². The second-order valence-electron chi connectivity index (χ2n) is 6.38. The summed E-state index contributed by atoms with van der Waals surface area (Å²) in [4.78, 5) is 12.0. The first-order valence-corrected chi connectivity index (χ1v) is 8.58. The van der Waals surface area contributed by atoms with Crippen molar-refractivity contribution in [3.05, 3.63) is 54.4 Å². The van der Waals surface area contributed by atoms with Crippen LogP contribution in [-0.2, 0) is 6.18 Å². The molecule has 1 unspecified atom stereocenters. The molecule has 4 aromatic rings. The summed E-state index contributed by atoms with van der Waals surface area (Å²) in [6.45, 7) is 1.78.